The highest BCUT2D eigenvalue weighted by atomic mass is 16.4. The molecule has 0 radical (unpaired) electrons. The molecule has 0 unspecified atom stereocenters. The highest BCUT2D eigenvalue weighted by Crippen LogP contribution is 2.16. The molecule has 1 N–H and O–H groups in total. The van der Waals surface area contributed by atoms with Crippen molar-refractivity contribution in [3.8, 4) is 0 Å². The Morgan fingerprint density at radius 1 is 1.38 bits per heavy atom. The van der Waals surface area contributed by atoms with Crippen molar-refractivity contribution >= 4 is 11.8 Å². The number of rotatable bonds is 6. The van der Waals surface area contributed by atoms with E-state index in [1.165, 1.54) is 12.3 Å². The van der Waals surface area contributed by atoms with E-state index in [0.717, 1.165) is 25.9 Å². The minimum Gasteiger partial charge on any atom is -0.478 e. The molecular formula is C11H17N3O2. The highest BCUT2D eigenvalue weighted by molar-refractivity contribution is 5.93. The number of nitrogens with zero attached hydrogens (tertiary/aromatic N) is 3. The molecule has 0 saturated carbocycles. The van der Waals surface area contributed by atoms with E-state index in [1.54, 1.807) is 0 Å². The molecule has 0 spiro atoms. The molecule has 0 aliphatic carbocycles. The van der Waals surface area contributed by atoms with Crippen LogP contribution in [0.2, 0.25) is 0 Å². The Morgan fingerprint density at radius 3 is 2.50 bits per heavy atom. The number of aromatic carboxylic acids is 1. The summed E-state index contributed by atoms with van der Waals surface area (Å²) in [4.78, 5) is 13.0. The quantitative estimate of drug-likeness (QED) is 0.796. The molecule has 0 aliphatic heterocycles. The van der Waals surface area contributed by atoms with Crippen LogP contribution in [0.3, 0.4) is 0 Å². The Hall–Kier alpha value is -1.65. The van der Waals surface area contributed by atoms with E-state index < -0.39 is 5.97 Å². The molecule has 0 atom stereocenters. The summed E-state index contributed by atoms with van der Waals surface area (Å²) < 4.78 is 0. The molecule has 0 fully saturated rings. The Balaban J connectivity index is 3.02. The summed E-state index contributed by atoms with van der Waals surface area (Å²) in [7, 11) is 0. The summed E-state index contributed by atoms with van der Waals surface area (Å²) in [5.41, 5.74) is 0.219. The van der Waals surface area contributed by atoms with Gasteiger partial charge in [-0.05, 0) is 18.9 Å². The zero-order valence-electron chi connectivity index (χ0n) is 9.68. The van der Waals surface area contributed by atoms with Gasteiger partial charge >= 0.3 is 5.97 Å². The first-order valence-electron chi connectivity index (χ1n) is 5.50. The molecular weight excluding hydrogens is 206 g/mol. The third-order valence-corrected chi connectivity index (χ3v) is 2.22. The molecule has 0 aromatic carbocycles. The van der Waals surface area contributed by atoms with E-state index in [2.05, 4.69) is 24.0 Å². The van der Waals surface area contributed by atoms with Crippen molar-refractivity contribution < 1.29 is 9.90 Å². The lowest BCUT2D eigenvalue weighted by molar-refractivity contribution is 0.0697. The zero-order valence-corrected chi connectivity index (χ0v) is 9.68. The van der Waals surface area contributed by atoms with Crippen LogP contribution in [0, 0.1) is 0 Å². The van der Waals surface area contributed by atoms with E-state index in [0.29, 0.717) is 5.82 Å². The smallest absolute Gasteiger partial charge is 0.339 e. The lowest BCUT2D eigenvalue weighted by atomic mass is 10.2. The van der Waals surface area contributed by atoms with Crippen LogP contribution in [0.4, 0.5) is 5.82 Å². The number of hydrogen-bond acceptors (Lipinski definition) is 4. The number of carboxylic acids is 1. The summed E-state index contributed by atoms with van der Waals surface area (Å²) in [5.74, 6) is -0.485. The van der Waals surface area contributed by atoms with Crippen molar-refractivity contribution in [2.24, 2.45) is 0 Å². The number of carbonyl (C=O) groups is 1. The number of anilines is 1. The normalized spacial score (nSPS) is 10.1. The monoisotopic (exact) mass is 223 g/mol. The van der Waals surface area contributed by atoms with Crippen molar-refractivity contribution in [1.29, 1.82) is 0 Å². The van der Waals surface area contributed by atoms with E-state index in [4.69, 9.17) is 5.11 Å². The van der Waals surface area contributed by atoms with Crippen molar-refractivity contribution in [1.82, 2.24) is 10.2 Å². The van der Waals surface area contributed by atoms with Gasteiger partial charge in [-0.25, -0.2) is 4.79 Å². The molecule has 1 heterocycles. The van der Waals surface area contributed by atoms with Crippen LogP contribution >= 0.6 is 0 Å². The number of hydrogen-bond donors (Lipinski definition) is 1. The van der Waals surface area contributed by atoms with Gasteiger partial charge in [-0.1, -0.05) is 13.8 Å². The van der Waals surface area contributed by atoms with Gasteiger partial charge in [0.1, 0.15) is 5.56 Å². The molecule has 5 heteroatoms. The Morgan fingerprint density at radius 2 is 2.00 bits per heavy atom. The van der Waals surface area contributed by atoms with Crippen LogP contribution in [-0.4, -0.2) is 34.4 Å². The van der Waals surface area contributed by atoms with Crippen LogP contribution < -0.4 is 4.90 Å². The SMILES string of the molecule is CCCN(CCC)c1nnccc1C(=O)O. The van der Waals surface area contributed by atoms with Crippen LogP contribution in [0.25, 0.3) is 0 Å². The molecule has 0 aliphatic rings. The Labute approximate surface area is 95.1 Å². The number of aromatic nitrogens is 2. The Bertz CT molecular complexity index is 349. The van der Waals surface area contributed by atoms with Crippen LogP contribution in [-0.2, 0) is 0 Å². The average Bonchev–Trinajstić information content (AvgIpc) is 2.29. The lowest BCUT2D eigenvalue weighted by Crippen LogP contribution is -2.28. The minimum absolute atomic E-state index is 0.219. The van der Waals surface area contributed by atoms with Gasteiger partial charge in [-0.3, -0.25) is 0 Å². The second kappa shape index (κ2) is 6.05. The van der Waals surface area contributed by atoms with Crippen molar-refractivity contribution in [3.05, 3.63) is 17.8 Å². The van der Waals surface area contributed by atoms with Crippen LogP contribution in [0.5, 0.6) is 0 Å². The molecule has 16 heavy (non-hydrogen) atoms. The summed E-state index contributed by atoms with van der Waals surface area (Å²) in [6.07, 6.45) is 3.31. The van der Waals surface area contributed by atoms with Crippen molar-refractivity contribution in [3.63, 3.8) is 0 Å². The van der Waals surface area contributed by atoms with Gasteiger partial charge in [0.05, 0.1) is 6.20 Å². The fourth-order valence-corrected chi connectivity index (χ4v) is 1.59. The zero-order chi connectivity index (χ0) is 12.0. The average molecular weight is 223 g/mol. The fourth-order valence-electron chi connectivity index (χ4n) is 1.59. The maximum absolute atomic E-state index is 11.0. The molecule has 0 amide bonds. The Kier molecular flexibility index (Phi) is 4.69. The maximum atomic E-state index is 11.0. The van der Waals surface area contributed by atoms with E-state index in [-0.39, 0.29) is 5.56 Å². The summed E-state index contributed by atoms with van der Waals surface area (Å²) in [5, 5.41) is 16.7. The number of carboxylic acid groups (broad SMARTS) is 1. The van der Waals surface area contributed by atoms with Gasteiger partial charge in [0.25, 0.3) is 0 Å². The van der Waals surface area contributed by atoms with Crippen LogP contribution in [0.15, 0.2) is 12.3 Å². The van der Waals surface area contributed by atoms with Crippen molar-refractivity contribution in [2.45, 2.75) is 26.7 Å². The summed E-state index contributed by atoms with van der Waals surface area (Å²) in [6.45, 7) is 5.71. The highest BCUT2D eigenvalue weighted by Gasteiger charge is 2.16. The molecule has 88 valence electrons. The van der Waals surface area contributed by atoms with Gasteiger partial charge in [0.15, 0.2) is 5.82 Å². The van der Waals surface area contributed by atoms with E-state index >= 15 is 0 Å². The first-order valence-corrected chi connectivity index (χ1v) is 5.50. The second-order valence-electron chi connectivity index (χ2n) is 3.56. The molecule has 0 bridgehead atoms. The largest absolute Gasteiger partial charge is 0.478 e. The van der Waals surface area contributed by atoms with Gasteiger partial charge in [-0.15, -0.1) is 5.10 Å². The molecule has 1 aromatic rings. The van der Waals surface area contributed by atoms with Gasteiger partial charge < -0.3 is 10.0 Å². The molecule has 1 aromatic heterocycles. The predicted octanol–water partition coefficient (Wildman–Crippen LogP) is 1.80. The van der Waals surface area contributed by atoms with Gasteiger partial charge in [0.2, 0.25) is 0 Å². The molecule has 5 nitrogen and oxygen atoms in total. The third-order valence-electron chi connectivity index (χ3n) is 2.22. The predicted molar refractivity (Wildman–Crippen MR) is 61.8 cm³/mol. The minimum atomic E-state index is -0.956. The molecule has 1 rings (SSSR count). The van der Waals surface area contributed by atoms with E-state index in [9.17, 15) is 4.79 Å². The van der Waals surface area contributed by atoms with Gasteiger partial charge in [-0.2, -0.15) is 5.10 Å². The molecule has 0 saturated heterocycles. The fraction of sp³-hybridized carbons (Fsp3) is 0.545. The lowest BCUT2D eigenvalue weighted by Gasteiger charge is -2.22. The topological polar surface area (TPSA) is 66.3 Å². The third kappa shape index (κ3) is 2.92. The maximum Gasteiger partial charge on any atom is 0.339 e. The summed E-state index contributed by atoms with van der Waals surface area (Å²) in [6, 6.07) is 1.49. The first-order chi connectivity index (χ1) is 7.70. The second-order valence-corrected chi connectivity index (χ2v) is 3.56. The first kappa shape index (κ1) is 12.4. The standard InChI is InChI=1S/C11H17N3O2/c1-3-7-14(8-4-2)10-9(11(15)16)5-6-12-13-10/h5-6H,3-4,7-8H2,1-2H3,(H,15,16). The van der Waals surface area contributed by atoms with Crippen molar-refractivity contribution in [2.75, 3.05) is 18.0 Å². The summed E-state index contributed by atoms with van der Waals surface area (Å²) >= 11 is 0. The van der Waals surface area contributed by atoms with Gasteiger partial charge in [0, 0.05) is 13.1 Å². The van der Waals surface area contributed by atoms with Crippen LogP contribution in [0.1, 0.15) is 37.0 Å². The van der Waals surface area contributed by atoms with E-state index in [1.807, 2.05) is 4.90 Å².